The number of hydrogen-bond donors (Lipinski definition) is 3. The van der Waals surface area contributed by atoms with Crippen LogP contribution in [0, 0.1) is 5.41 Å². The third kappa shape index (κ3) is 4.44. The third-order valence-electron chi connectivity index (χ3n) is 2.13. The minimum atomic E-state index is -1.07. The summed E-state index contributed by atoms with van der Waals surface area (Å²) in [4.78, 5) is 21.8. The van der Waals surface area contributed by atoms with Crippen molar-refractivity contribution in [1.82, 2.24) is 0 Å². The summed E-state index contributed by atoms with van der Waals surface area (Å²) in [7, 11) is 0. The summed E-state index contributed by atoms with van der Waals surface area (Å²) >= 11 is 0. The second-order valence-electron chi connectivity index (χ2n) is 4.64. The van der Waals surface area contributed by atoms with Crippen molar-refractivity contribution < 1.29 is 19.8 Å². The molecule has 0 aromatic heterocycles. The molecule has 0 saturated heterocycles. The van der Waals surface area contributed by atoms with Gasteiger partial charge >= 0.3 is 11.9 Å². The zero-order valence-corrected chi connectivity index (χ0v) is 9.91. The van der Waals surface area contributed by atoms with Gasteiger partial charge in [-0.1, -0.05) is 20.8 Å². The van der Waals surface area contributed by atoms with Crippen LogP contribution >= 0.6 is 0 Å². The number of nitrogens with two attached hydrogens (primary N) is 1. The van der Waals surface area contributed by atoms with Gasteiger partial charge < -0.3 is 15.9 Å². The highest BCUT2D eigenvalue weighted by molar-refractivity contribution is 5.90. The van der Waals surface area contributed by atoms with E-state index in [1.54, 1.807) is 20.8 Å². The Morgan fingerprint density at radius 3 is 1.94 bits per heavy atom. The highest BCUT2D eigenvalue weighted by Gasteiger charge is 2.27. The molecule has 0 aromatic rings. The number of rotatable bonds is 5. The Balaban J connectivity index is 5.44. The lowest BCUT2D eigenvalue weighted by molar-refractivity contribution is -0.136. The molecule has 0 aromatic carbocycles. The lowest BCUT2D eigenvalue weighted by atomic mass is 9.81. The average Bonchev–Trinajstić information content (AvgIpc) is 1.98. The summed E-state index contributed by atoms with van der Waals surface area (Å²) in [6.07, 6.45) is 0.0291. The van der Waals surface area contributed by atoms with E-state index in [-0.39, 0.29) is 18.5 Å². The highest BCUT2D eigenvalue weighted by atomic mass is 16.4. The van der Waals surface area contributed by atoms with E-state index in [1.807, 2.05) is 0 Å². The molecule has 0 aliphatic carbocycles. The van der Waals surface area contributed by atoms with Crippen molar-refractivity contribution >= 4 is 11.9 Å². The fourth-order valence-corrected chi connectivity index (χ4v) is 1.66. The molecule has 4 N–H and O–H groups in total. The van der Waals surface area contributed by atoms with Crippen LogP contribution in [-0.2, 0) is 9.59 Å². The number of carboxylic acid groups (broad SMARTS) is 2. The van der Waals surface area contributed by atoms with Crippen molar-refractivity contribution in [3.05, 3.63) is 11.1 Å². The highest BCUT2D eigenvalue weighted by Crippen LogP contribution is 2.30. The average molecular weight is 229 g/mol. The summed E-state index contributed by atoms with van der Waals surface area (Å²) in [6.45, 7) is 5.48. The second kappa shape index (κ2) is 5.65. The molecule has 92 valence electrons. The maximum Gasteiger partial charge on any atom is 0.332 e. The Bertz CT molecular complexity index is 312. The minimum absolute atomic E-state index is 0.153. The predicted molar refractivity (Wildman–Crippen MR) is 60.0 cm³/mol. The largest absolute Gasteiger partial charge is 0.481 e. The molecule has 5 heteroatoms. The molecule has 0 heterocycles. The van der Waals surface area contributed by atoms with Crippen LogP contribution in [0.3, 0.4) is 0 Å². The van der Waals surface area contributed by atoms with Crippen molar-refractivity contribution in [1.29, 1.82) is 0 Å². The minimum Gasteiger partial charge on any atom is -0.481 e. The van der Waals surface area contributed by atoms with E-state index < -0.39 is 17.4 Å². The molecule has 0 unspecified atom stereocenters. The molecule has 0 amide bonds. The van der Waals surface area contributed by atoms with Crippen molar-refractivity contribution in [2.75, 3.05) is 6.54 Å². The first-order valence-electron chi connectivity index (χ1n) is 5.07. The third-order valence-corrected chi connectivity index (χ3v) is 2.13. The maximum absolute atomic E-state index is 11.2. The van der Waals surface area contributed by atoms with Gasteiger partial charge in [0.1, 0.15) is 0 Å². The van der Waals surface area contributed by atoms with Gasteiger partial charge in [0.2, 0.25) is 0 Å². The number of carbonyl (C=O) groups is 2. The normalized spacial score (nSPS) is 13.2. The zero-order valence-electron chi connectivity index (χ0n) is 9.91. The quantitative estimate of drug-likeness (QED) is 0.616. The molecule has 0 aliphatic rings. The summed E-state index contributed by atoms with van der Waals surface area (Å²) in [6, 6.07) is 0. The van der Waals surface area contributed by atoms with E-state index in [0.717, 1.165) is 0 Å². The topological polar surface area (TPSA) is 101 Å². The van der Waals surface area contributed by atoms with Gasteiger partial charge in [-0.25, -0.2) is 4.79 Å². The van der Waals surface area contributed by atoms with E-state index in [4.69, 9.17) is 15.9 Å². The summed E-state index contributed by atoms with van der Waals surface area (Å²) in [5.74, 6) is -2.11. The van der Waals surface area contributed by atoms with E-state index in [1.165, 1.54) is 0 Å². The smallest absolute Gasteiger partial charge is 0.332 e. The zero-order chi connectivity index (χ0) is 12.9. The van der Waals surface area contributed by atoms with E-state index in [2.05, 4.69) is 0 Å². The van der Waals surface area contributed by atoms with Crippen molar-refractivity contribution in [3.8, 4) is 0 Å². The molecule has 16 heavy (non-hydrogen) atoms. The first kappa shape index (κ1) is 14.6. The predicted octanol–water partition coefficient (Wildman–Crippen LogP) is 1.24. The van der Waals surface area contributed by atoms with Gasteiger partial charge in [-0.3, -0.25) is 4.79 Å². The summed E-state index contributed by atoms with van der Waals surface area (Å²) in [5, 5.41) is 17.9. The first-order chi connectivity index (χ1) is 7.20. The molecule has 0 atom stereocenters. The molecule has 0 fully saturated rings. The Morgan fingerprint density at radius 1 is 1.19 bits per heavy atom. The molecular weight excluding hydrogens is 210 g/mol. The van der Waals surface area contributed by atoms with Gasteiger partial charge in [0, 0.05) is 5.57 Å². The Hall–Kier alpha value is -1.36. The molecule has 0 aliphatic heterocycles. The first-order valence-corrected chi connectivity index (χ1v) is 5.07. The van der Waals surface area contributed by atoms with Crippen LogP contribution < -0.4 is 5.73 Å². The second-order valence-corrected chi connectivity index (χ2v) is 4.64. The Morgan fingerprint density at radius 2 is 1.69 bits per heavy atom. The Labute approximate surface area is 95.0 Å². The molecular formula is C11H19NO4. The Kier molecular flexibility index (Phi) is 5.17. The van der Waals surface area contributed by atoms with Crippen molar-refractivity contribution in [3.63, 3.8) is 0 Å². The molecule has 0 saturated carbocycles. The van der Waals surface area contributed by atoms with Crippen LogP contribution in [0.5, 0.6) is 0 Å². The van der Waals surface area contributed by atoms with Crippen LogP contribution in [0.15, 0.2) is 11.1 Å². The van der Waals surface area contributed by atoms with Crippen LogP contribution in [0.1, 0.15) is 33.6 Å². The van der Waals surface area contributed by atoms with Gasteiger partial charge in [-0.2, -0.15) is 0 Å². The van der Waals surface area contributed by atoms with Crippen molar-refractivity contribution in [2.45, 2.75) is 33.6 Å². The maximum atomic E-state index is 11.2. The van der Waals surface area contributed by atoms with Gasteiger partial charge in [0.05, 0.1) is 6.42 Å². The fraction of sp³-hybridized carbons (Fsp3) is 0.636. The van der Waals surface area contributed by atoms with Crippen LogP contribution in [0.2, 0.25) is 0 Å². The van der Waals surface area contributed by atoms with Crippen LogP contribution in [-0.4, -0.2) is 28.7 Å². The SMILES string of the molecule is CC(C)(C)C(C(=O)O)=C(CCN)CC(=O)O. The molecule has 5 nitrogen and oxygen atoms in total. The van der Waals surface area contributed by atoms with Gasteiger partial charge in [0.25, 0.3) is 0 Å². The number of carboxylic acids is 2. The molecule has 0 spiro atoms. The van der Waals surface area contributed by atoms with Gasteiger partial charge in [0.15, 0.2) is 0 Å². The lowest BCUT2D eigenvalue weighted by Crippen LogP contribution is -2.22. The standard InChI is InChI=1S/C11H19NO4/c1-11(2,3)9(10(15)16)7(4-5-12)6-8(13)14/h4-6,12H2,1-3H3,(H,13,14)(H,15,16). The molecule has 0 rings (SSSR count). The van der Waals surface area contributed by atoms with E-state index >= 15 is 0 Å². The molecule has 0 radical (unpaired) electrons. The summed E-state index contributed by atoms with van der Waals surface area (Å²) in [5.41, 5.74) is 5.33. The number of aliphatic carboxylic acids is 2. The van der Waals surface area contributed by atoms with Crippen molar-refractivity contribution in [2.24, 2.45) is 11.1 Å². The van der Waals surface area contributed by atoms with E-state index in [0.29, 0.717) is 12.0 Å². The monoisotopic (exact) mass is 229 g/mol. The van der Waals surface area contributed by atoms with Gasteiger partial charge in [-0.15, -0.1) is 0 Å². The fourth-order valence-electron chi connectivity index (χ4n) is 1.66. The molecule has 0 bridgehead atoms. The summed E-state index contributed by atoms with van der Waals surface area (Å²) < 4.78 is 0. The van der Waals surface area contributed by atoms with Crippen LogP contribution in [0.4, 0.5) is 0 Å². The lowest BCUT2D eigenvalue weighted by Gasteiger charge is -2.23. The van der Waals surface area contributed by atoms with Gasteiger partial charge in [-0.05, 0) is 24.0 Å². The van der Waals surface area contributed by atoms with Crippen LogP contribution in [0.25, 0.3) is 0 Å². The number of hydrogen-bond acceptors (Lipinski definition) is 3. The van der Waals surface area contributed by atoms with E-state index in [9.17, 15) is 9.59 Å².